The molecule has 0 bridgehead atoms. The summed E-state index contributed by atoms with van der Waals surface area (Å²) in [6.45, 7) is 4.11. The quantitative estimate of drug-likeness (QED) is 0.322. The van der Waals surface area contributed by atoms with Crippen molar-refractivity contribution in [2.75, 3.05) is 26.4 Å². The summed E-state index contributed by atoms with van der Waals surface area (Å²) in [6.07, 6.45) is 0.523. The highest BCUT2D eigenvalue weighted by atomic mass is 17.2. The van der Waals surface area contributed by atoms with Gasteiger partial charge in [0.15, 0.2) is 0 Å². The summed E-state index contributed by atoms with van der Waals surface area (Å²) < 4.78 is 5.03. The predicted octanol–water partition coefficient (Wildman–Crippen LogP) is 0.773. The van der Waals surface area contributed by atoms with Crippen LogP contribution in [0.5, 0.6) is 0 Å². The Labute approximate surface area is 99.8 Å². The highest BCUT2D eigenvalue weighted by Crippen LogP contribution is 1.88. The van der Waals surface area contributed by atoms with E-state index in [4.69, 9.17) is 4.74 Å². The third-order valence-corrected chi connectivity index (χ3v) is 1.50. The van der Waals surface area contributed by atoms with Crippen molar-refractivity contribution in [3.05, 3.63) is 0 Å². The minimum absolute atomic E-state index is 0.139. The molecule has 0 aromatic carbocycles. The van der Waals surface area contributed by atoms with Crippen molar-refractivity contribution in [2.24, 2.45) is 0 Å². The molecule has 0 atom stereocenters. The molecule has 0 saturated carbocycles. The van der Waals surface area contributed by atoms with Crippen molar-refractivity contribution in [1.82, 2.24) is 0 Å². The van der Waals surface area contributed by atoms with E-state index in [1.807, 2.05) is 0 Å². The van der Waals surface area contributed by atoms with Gasteiger partial charge in [-0.25, -0.2) is 9.59 Å². The Balaban J connectivity index is 3.08. The fourth-order valence-corrected chi connectivity index (χ4v) is 0.621. The van der Waals surface area contributed by atoms with Gasteiger partial charge >= 0.3 is 11.9 Å². The molecule has 7 nitrogen and oxygen atoms in total. The van der Waals surface area contributed by atoms with E-state index >= 15 is 0 Å². The number of carbonyl (C=O) groups excluding carboxylic acids is 2. The van der Waals surface area contributed by atoms with E-state index in [2.05, 4.69) is 19.6 Å². The molecule has 0 aromatic rings. The summed E-state index contributed by atoms with van der Waals surface area (Å²) in [7, 11) is 0. The maximum atomic E-state index is 10.6. The molecule has 0 heterocycles. The molecule has 0 aliphatic rings. The molecule has 0 aromatic heterocycles. The first kappa shape index (κ1) is 15.8. The Hall–Kier alpha value is -1.18. The highest BCUT2D eigenvalue weighted by molar-refractivity contribution is 5.68. The zero-order valence-corrected chi connectivity index (χ0v) is 10.1. The van der Waals surface area contributed by atoms with E-state index < -0.39 is 11.9 Å². The van der Waals surface area contributed by atoms with Gasteiger partial charge in [0.25, 0.3) is 0 Å². The van der Waals surface area contributed by atoms with Crippen LogP contribution in [-0.4, -0.2) is 38.4 Å². The molecular weight excluding hydrogens is 232 g/mol. The third kappa shape index (κ3) is 11.1. The molecule has 0 radical (unpaired) electrons. The summed E-state index contributed by atoms with van der Waals surface area (Å²) in [5, 5.41) is 0. The van der Waals surface area contributed by atoms with Crippen LogP contribution in [0.1, 0.15) is 26.7 Å². The topological polar surface area (TPSA) is 80.3 Å². The van der Waals surface area contributed by atoms with Gasteiger partial charge in [-0.15, -0.1) is 0 Å². The average molecular weight is 250 g/mol. The standard InChI is InChI=1S/C10H18O7/c1-3-9(11)16-14-7-5-13-6-8-15-17-10(12)4-2/h3-8H2,1-2H3. The molecule has 0 spiro atoms. The van der Waals surface area contributed by atoms with E-state index in [0.29, 0.717) is 0 Å². The molecule has 0 fully saturated rings. The Morgan fingerprint density at radius 2 is 1.18 bits per heavy atom. The molecule has 100 valence electrons. The van der Waals surface area contributed by atoms with E-state index in [9.17, 15) is 9.59 Å². The lowest BCUT2D eigenvalue weighted by molar-refractivity contribution is -0.283. The zero-order chi connectivity index (χ0) is 12.9. The molecule has 0 aliphatic carbocycles. The van der Waals surface area contributed by atoms with Gasteiger partial charge < -0.3 is 4.74 Å². The maximum Gasteiger partial charge on any atom is 0.342 e. The minimum Gasteiger partial charge on any atom is -0.376 e. The molecular formula is C10H18O7. The molecule has 0 N–H and O–H groups in total. The Bertz CT molecular complexity index is 195. The normalized spacial score (nSPS) is 10.0. The van der Waals surface area contributed by atoms with Crippen molar-refractivity contribution in [3.8, 4) is 0 Å². The van der Waals surface area contributed by atoms with E-state index in [1.54, 1.807) is 13.8 Å². The van der Waals surface area contributed by atoms with Crippen molar-refractivity contribution in [1.29, 1.82) is 0 Å². The number of hydrogen-bond donors (Lipinski definition) is 0. The van der Waals surface area contributed by atoms with Crippen LogP contribution >= 0.6 is 0 Å². The second kappa shape index (κ2) is 11.3. The first-order valence-electron chi connectivity index (χ1n) is 5.43. The second-order valence-corrected chi connectivity index (χ2v) is 2.87. The van der Waals surface area contributed by atoms with Crippen LogP contribution in [-0.2, 0) is 33.9 Å². The highest BCUT2D eigenvalue weighted by Gasteiger charge is 2.00. The van der Waals surface area contributed by atoms with Crippen LogP contribution in [0.25, 0.3) is 0 Å². The monoisotopic (exact) mass is 250 g/mol. The van der Waals surface area contributed by atoms with Crippen molar-refractivity contribution in [3.63, 3.8) is 0 Å². The number of carbonyl (C=O) groups is 2. The van der Waals surface area contributed by atoms with Gasteiger partial charge in [-0.2, -0.15) is 9.78 Å². The summed E-state index contributed by atoms with van der Waals surface area (Å²) in [5.41, 5.74) is 0. The van der Waals surface area contributed by atoms with Gasteiger partial charge in [-0.3, -0.25) is 9.78 Å². The fourth-order valence-electron chi connectivity index (χ4n) is 0.621. The lowest BCUT2D eigenvalue weighted by Gasteiger charge is -2.04. The van der Waals surface area contributed by atoms with Gasteiger partial charge in [0, 0.05) is 12.8 Å². The molecule has 0 rings (SSSR count). The molecule has 7 heteroatoms. The van der Waals surface area contributed by atoms with Crippen LogP contribution in [0.2, 0.25) is 0 Å². The summed E-state index contributed by atoms with van der Waals surface area (Å²) >= 11 is 0. The Morgan fingerprint density at radius 3 is 1.53 bits per heavy atom. The number of hydrogen-bond acceptors (Lipinski definition) is 7. The van der Waals surface area contributed by atoms with Crippen molar-refractivity contribution in [2.45, 2.75) is 26.7 Å². The average Bonchev–Trinajstić information content (AvgIpc) is 2.35. The molecule has 0 unspecified atom stereocenters. The summed E-state index contributed by atoms with van der Waals surface area (Å²) in [5.74, 6) is -0.861. The minimum atomic E-state index is -0.431. The Morgan fingerprint density at radius 1 is 0.765 bits per heavy atom. The number of ether oxygens (including phenoxy) is 1. The summed E-state index contributed by atoms with van der Waals surface area (Å²) in [4.78, 5) is 39.0. The Kier molecular flexibility index (Phi) is 10.5. The van der Waals surface area contributed by atoms with Crippen molar-refractivity contribution < 1.29 is 33.9 Å². The number of rotatable bonds is 10. The first-order valence-corrected chi connectivity index (χ1v) is 5.43. The van der Waals surface area contributed by atoms with E-state index in [1.165, 1.54) is 0 Å². The third-order valence-electron chi connectivity index (χ3n) is 1.50. The van der Waals surface area contributed by atoms with Crippen LogP contribution in [0.4, 0.5) is 0 Å². The van der Waals surface area contributed by atoms with Crippen molar-refractivity contribution >= 4 is 11.9 Å². The smallest absolute Gasteiger partial charge is 0.342 e. The summed E-state index contributed by atoms with van der Waals surface area (Å²) in [6, 6.07) is 0. The van der Waals surface area contributed by atoms with Gasteiger partial charge in [-0.1, -0.05) is 13.8 Å². The molecule has 17 heavy (non-hydrogen) atoms. The van der Waals surface area contributed by atoms with Gasteiger partial charge in [0.1, 0.15) is 13.2 Å². The lowest BCUT2D eigenvalue weighted by Crippen LogP contribution is -2.12. The second-order valence-electron chi connectivity index (χ2n) is 2.87. The molecule has 0 saturated heterocycles. The van der Waals surface area contributed by atoms with Gasteiger partial charge in [0.2, 0.25) is 0 Å². The maximum absolute atomic E-state index is 10.6. The van der Waals surface area contributed by atoms with E-state index in [0.717, 1.165) is 0 Å². The van der Waals surface area contributed by atoms with Crippen LogP contribution < -0.4 is 0 Å². The van der Waals surface area contributed by atoms with Gasteiger partial charge in [0.05, 0.1) is 13.2 Å². The predicted molar refractivity (Wildman–Crippen MR) is 55.5 cm³/mol. The molecule has 0 aliphatic heterocycles. The fraction of sp³-hybridized carbons (Fsp3) is 0.800. The zero-order valence-electron chi connectivity index (χ0n) is 10.1. The van der Waals surface area contributed by atoms with E-state index in [-0.39, 0.29) is 39.3 Å². The molecule has 0 amide bonds. The van der Waals surface area contributed by atoms with Gasteiger partial charge in [-0.05, 0) is 0 Å². The van der Waals surface area contributed by atoms with Crippen LogP contribution in [0, 0.1) is 0 Å². The largest absolute Gasteiger partial charge is 0.376 e. The first-order chi connectivity index (χ1) is 8.20. The lowest BCUT2D eigenvalue weighted by atomic mass is 10.5. The van der Waals surface area contributed by atoms with Crippen LogP contribution in [0.15, 0.2) is 0 Å². The van der Waals surface area contributed by atoms with Crippen LogP contribution in [0.3, 0.4) is 0 Å². The SMILES string of the molecule is CCC(=O)OOCCOCCOOC(=O)CC.